The SMILES string of the molecule is CC(=O)SCCCCCc1cc(CCCCCO)c(CCCCCO)cc1CCCCCSC(C)=O. The lowest BCUT2D eigenvalue weighted by Gasteiger charge is -2.18. The summed E-state index contributed by atoms with van der Waals surface area (Å²) in [4.78, 5) is 22.3. The van der Waals surface area contributed by atoms with Gasteiger partial charge in [-0.25, -0.2) is 0 Å². The molecular formula is C30H50O4S2. The van der Waals surface area contributed by atoms with Crippen LogP contribution in [0.15, 0.2) is 12.1 Å². The van der Waals surface area contributed by atoms with Crippen LogP contribution in [-0.2, 0) is 35.3 Å². The van der Waals surface area contributed by atoms with Crippen LogP contribution in [0.25, 0.3) is 0 Å². The zero-order chi connectivity index (χ0) is 26.4. The molecule has 0 atom stereocenters. The van der Waals surface area contributed by atoms with Crippen LogP contribution in [0.3, 0.4) is 0 Å². The van der Waals surface area contributed by atoms with E-state index in [-0.39, 0.29) is 23.4 Å². The van der Waals surface area contributed by atoms with Crippen LogP contribution in [0.4, 0.5) is 0 Å². The van der Waals surface area contributed by atoms with Gasteiger partial charge in [0, 0.05) is 38.6 Å². The van der Waals surface area contributed by atoms with Gasteiger partial charge in [-0.15, -0.1) is 0 Å². The molecule has 0 spiro atoms. The number of carbonyl (C=O) groups excluding carboxylic acids is 2. The molecule has 0 radical (unpaired) electrons. The standard InChI is InChI=1S/C30H50O4S2/c1-25(33)35-21-13-5-9-17-29-23-27(15-7-3-11-19-31)28(16-8-4-12-20-32)24-30(29)18-10-6-14-22-36-26(2)34/h23-24,31-32H,3-22H2,1-2H3. The predicted molar refractivity (Wildman–Crippen MR) is 157 cm³/mol. The Hall–Kier alpha value is -0.820. The maximum atomic E-state index is 11.2. The van der Waals surface area contributed by atoms with Crippen LogP contribution in [-0.4, -0.2) is 45.2 Å². The Labute approximate surface area is 228 Å². The molecule has 206 valence electrons. The molecule has 1 rings (SSSR count). The molecule has 36 heavy (non-hydrogen) atoms. The van der Waals surface area contributed by atoms with Crippen LogP contribution in [0, 0.1) is 0 Å². The van der Waals surface area contributed by atoms with Crippen molar-refractivity contribution in [1.82, 2.24) is 0 Å². The maximum Gasteiger partial charge on any atom is 0.185 e. The highest BCUT2D eigenvalue weighted by Gasteiger charge is 2.11. The minimum absolute atomic E-state index is 0.208. The van der Waals surface area contributed by atoms with Crippen LogP contribution >= 0.6 is 23.5 Å². The van der Waals surface area contributed by atoms with E-state index in [0.717, 1.165) is 114 Å². The second kappa shape index (κ2) is 22.2. The molecule has 0 unspecified atom stereocenters. The summed E-state index contributed by atoms with van der Waals surface area (Å²) in [5, 5.41) is 18.7. The van der Waals surface area contributed by atoms with Gasteiger partial charge in [0.2, 0.25) is 0 Å². The summed E-state index contributed by atoms with van der Waals surface area (Å²) in [5.74, 6) is 1.84. The molecule has 0 heterocycles. The zero-order valence-corrected chi connectivity index (χ0v) is 24.5. The Morgan fingerprint density at radius 1 is 0.528 bits per heavy atom. The van der Waals surface area contributed by atoms with E-state index >= 15 is 0 Å². The van der Waals surface area contributed by atoms with Crippen molar-refractivity contribution >= 4 is 33.8 Å². The van der Waals surface area contributed by atoms with Gasteiger partial charge in [-0.2, -0.15) is 0 Å². The third-order valence-electron chi connectivity index (χ3n) is 6.52. The van der Waals surface area contributed by atoms with Crippen LogP contribution in [0.1, 0.15) is 113 Å². The minimum Gasteiger partial charge on any atom is -0.396 e. The van der Waals surface area contributed by atoms with Gasteiger partial charge in [0.15, 0.2) is 10.2 Å². The van der Waals surface area contributed by atoms with Crippen molar-refractivity contribution in [1.29, 1.82) is 0 Å². The largest absolute Gasteiger partial charge is 0.396 e. The molecular weight excluding hydrogens is 488 g/mol. The second-order valence-electron chi connectivity index (χ2n) is 9.76. The van der Waals surface area contributed by atoms with E-state index in [0.29, 0.717) is 0 Å². The Morgan fingerprint density at radius 2 is 0.833 bits per heavy atom. The number of thioether (sulfide) groups is 2. The Balaban J connectivity index is 2.88. The summed E-state index contributed by atoms with van der Waals surface area (Å²) in [5.41, 5.74) is 5.92. The van der Waals surface area contributed by atoms with E-state index in [9.17, 15) is 9.59 Å². The summed E-state index contributed by atoms with van der Waals surface area (Å²) < 4.78 is 0. The molecule has 0 aliphatic rings. The molecule has 0 aliphatic heterocycles. The number of carbonyl (C=O) groups is 2. The highest BCUT2D eigenvalue weighted by atomic mass is 32.2. The molecule has 4 nitrogen and oxygen atoms in total. The van der Waals surface area contributed by atoms with Crippen molar-refractivity contribution < 1.29 is 19.8 Å². The lowest BCUT2D eigenvalue weighted by atomic mass is 9.88. The Kier molecular flexibility index (Phi) is 20.5. The van der Waals surface area contributed by atoms with Crippen LogP contribution in [0.5, 0.6) is 0 Å². The number of aryl methyl sites for hydroxylation is 4. The van der Waals surface area contributed by atoms with E-state index < -0.39 is 0 Å². The van der Waals surface area contributed by atoms with Gasteiger partial charge in [-0.05, 0) is 99.3 Å². The number of aliphatic hydroxyl groups is 2. The topological polar surface area (TPSA) is 74.6 Å². The molecule has 0 aliphatic carbocycles. The lowest BCUT2D eigenvalue weighted by molar-refractivity contribution is -0.109. The average Bonchev–Trinajstić information content (AvgIpc) is 2.84. The fourth-order valence-electron chi connectivity index (χ4n) is 4.55. The normalized spacial score (nSPS) is 11.2. The quantitative estimate of drug-likeness (QED) is 0.154. The number of benzene rings is 1. The first kappa shape index (κ1) is 33.2. The fraction of sp³-hybridized carbons (Fsp3) is 0.733. The van der Waals surface area contributed by atoms with Crippen LogP contribution in [0.2, 0.25) is 0 Å². The van der Waals surface area contributed by atoms with Gasteiger partial charge in [0.1, 0.15) is 0 Å². The molecule has 0 amide bonds. The van der Waals surface area contributed by atoms with Crippen molar-refractivity contribution in [2.45, 2.75) is 117 Å². The van der Waals surface area contributed by atoms with Crippen molar-refractivity contribution in [2.75, 3.05) is 24.7 Å². The molecule has 2 N–H and O–H groups in total. The molecule has 0 aromatic heterocycles. The van der Waals surface area contributed by atoms with E-state index in [2.05, 4.69) is 12.1 Å². The van der Waals surface area contributed by atoms with Gasteiger partial charge < -0.3 is 10.2 Å². The van der Waals surface area contributed by atoms with Gasteiger partial charge in [0.05, 0.1) is 0 Å². The second-order valence-corrected chi connectivity index (χ2v) is 12.3. The van der Waals surface area contributed by atoms with Crippen molar-refractivity contribution in [3.8, 4) is 0 Å². The molecule has 1 aromatic rings. The lowest BCUT2D eigenvalue weighted by Crippen LogP contribution is -2.04. The average molecular weight is 539 g/mol. The Morgan fingerprint density at radius 3 is 1.11 bits per heavy atom. The molecule has 0 saturated carbocycles. The number of rotatable bonds is 22. The summed E-state index contributed by atoms with van der Waals surface area (Å²) in [7, 11) is 0. The van der Waals surface area contributed by atoms with Gasteiger partial charge in [-0.3, -0.25) is 9.59 Å². The van der Waals surface area contributed by atoms with Gasteiger partial charge in [-0.1, -0.05) is 61.3 Å². The number of hydrogen-bond acceptors (Lipinski definition) is 6. The third-order valence-corrected chi connectivity index (χ3v) is 8.32. The summed E-state index contributed by atoms with van der Waals surface area (Å²) in [6, 6.07) is 4.96. The molecule has 0 saturated heterocycles. The maximum absolute atomic E-state index is 11.2. The number of aliphatic hydroxyl groups excluding tert-OH is 2. The first-order valence-electron chi connectivity index (χ1n) is 14.1. The summed E-state index contributed by atoms with van der Waals surface area (Å²) in [6.45, 7) is 3.82. The minimum atomic E-state index is 0.208. The first-order chi connectivity index (χ1) is 17.5. The zero-order valence-electron chi connectivity index (χ0n) is 22.8. The summed E-state index contributed by atoms with van der Waals surface area (Å²) >= 11 is 2.87. The first-order valence-corrected chi connectivity index (χ1v) is 16.1. The highest BCUT2D eigenvalue weighted by molar-refractivity contribution is 8.13. The van der Waals surface area contributed by atoms with Crippen molar-refractivity contribution in [3.05, 3.63) is 34.4 Å². The molecule has 1 aromatic carbocycles. The third kappa shape index (κ3) is 16.8. The predicted octanol–water partition coefficient (Wildman–Crippen LogP) is 7.08. The van der Waals surface area contributed by atoms with E-state index in [1.165, 1.54) is 45.8 Å². The van der Waals surface area contributed by atoms with E-state index in [1.54, 1.807) is 13.8 Å². The van der Waals surface area contributed by atoms with Crippen molar-refractivity contribution in [3.63, 3.8) is 0 Å². The fourth-order valence-corrected chi connectivity index (χ4v) is 5.82. The monoisotopic (exact) mass is 538 g/mol. The molecule has 0 fully saturated rings. The summed E-state index contributed by atoms with van der Waals surface area (Å²) in [6.07, 6.45) is 17.2. The van der Waals surface area contributed by atoms with Gasteiger partial charge >= 0.3 is 0 Å². The number of hydrogen-bond donors (Lipinski definition) is 2. The Bertz CT molecular complexity index is 675. The van der Waals surface area contributed by atoms with Gasteiger partial charge in [0.25, 0.3) is 0 Å². The molecule has 6 heteroatoms. The van der Waals surface area contributed by atoms with E-state index in [4.69, 9.17) is 10.2 Å². The smallest absolute Gasteiger partial charge is 0.185 e. The van der Waals surface area contributed by atoms with Crippen LogP contribution < -0.4 is 0 Å². The van der Waals surface area contributed by atoms with E-state index in [1.807, 2.05) is 0 Å². The highest BCUT2D eigenvalue weighted by Crippen LogP contribution is 2.25. The number of unbranched alkanes of at least 4 members (excludes halogenated alkanes) is 8. The van der Waals surface area contributed by atoms with Crippen molar-refractivity contribution in [2.24, 2.45) is 0 Å². The molecule has 0 bridgehead atoms.